The Morgan fingerprint density at radius 3 is 1.67 bits per heavy atom. The maximum absolute atomic E-state index is 6.21. The first-order valence-corrected chi connectivity index (χ1v) is 13.1. The van der Waals surface area contributed by atoms with Crippen LogP contribution in [0.1, 0.15) is 114 Å². The van der Waals surface area contributed by atoms with Crippen LogP contribution in [-0.2, 0) is 9.47 Å². The van der Waals surface area contributed by atoms with E-state index in [4.69, 9.17) is 9.47 Å². The van der Waals surface area contributed by atoms with Crippen molar-refractivity contribution in [2.75, 3.05) is 13.2 Å². The summed E-state index contributed by atoms with van der Waals surface area (Å²) in [5.41, 5.74) is 2.72. The Kier molecular flexibility index (Phi) is 8.29. The van der Waals surface area contributed by atoms with Gasteiger partial charge in [0.1, 0.15) is 0 Å². The highest BCUT2D eigenvalue weighted by molar-refractivity contribution is 5.26. The smallest absolute Gasteiger partial charge is 0.183 e. The molecule has 0 aromatic heterocycles. The third-order valence-electron chi connectivity index (χ3n) is 8.40. The zero-order chi connectivity index (χ0) is 20.8. The Bertz CT molecular complexity index is 600. The van der Waals surface area contributed by atoms with Crippen LogP contribution in [0.15, 0.2) is 24.3 Å². The van der Waals surface area contributed by atoms with Gasteiger partial charge in [-0.3, -0.25) is 0 Å². The molecule has 2 saturated carbocycles. The predicted molar refractivity (Wildman–Crippen MR) is 125 cm³/mol. The molecule has 0 bridgehead atoms. The number of ether oxygens (including phenoxy) is 2. The van der Waals surface area contributed by atoms with Crippen molar-refractivity contribution in [2.24, 2.45) is 23.7 Å². The van der Waals surface area contributed by atoms with E-state index in [0.717, 1.165) is 36.9 Å². The topological polar surface area (TPSA) is 18.5 Å². The Morgan fingerprint density at radius 1 is 0.633 bits per heavy atom. The zero-order valence-electron chi connectivity index (χ0n) is 19.5. The Labute approximate surface area is 185 Å². The quantitative estimate of drug-likeness (QED) is 0.451. The molecule has 0 amide bonds. The Hall–Kier alpha value is -0.860. The minimum Gasteiger partial charge on any atom is -0.348 e. The molecule has 1 aliphatic heterocycles. The van der Waals surface area contributed by atoms with Gasteiger partial charge in [-0.25, -0.2) is 0 Å². The van der Waals surface area contributed by atoms with Gasteiger partial charge in [-0.2, -0.15) is 0 Å². The molecule has 1 aromatic rings. The zero-order valence-corrected chi connectivity index (χ0v) is 19.5. The van der Waals surface area contributed by atoms with Gasteiger partial charge in [0.25, 0.3) is 0 Å². The summed E-state index contributed by atoms with van der Waals surface area (Å²) in [6.45, 7) is 6.38. The highest BCUT2D eigenvalue weighted by Crippen LogP contribution is 2.40. The molecular formula is C28H44O2. The second-order valence-corrected chi connectivity index (χ2v) is 10.5. The van der Waals surface area contributed by atoms with Crippen molar-refractivity contribution in [3.8, 4) is 0 Å². The van der Waals surface area contributed by atoms with Gasteiger partial charge in [0, 0.05) is 11.5 Å². The van der Waals surface area contributed by atoms with Gasteiger partial charge < -0.3 is 9.47 Å². The lowest BCUT2D eigenvalue weighted by atomic mass is 9.75. The molecule has 4 rings (SSSR count). The fraction of sp³-hybridized carbons (Fsp3) is 0.786. The summed E-state index contributed by atoms with van der Waals surface area (Å²) in [6.07, 6.45) is 16.5. The molecule has 168 valence electrons. The van der Waals surface area contributed by atoms with Crippen molar-refractivity contribution < 1.29 is 9.47 Å². The highest BCUT2D eigenvalue weighted by Gasteiger charge is 2.32. The van der Waals surface area contributed by atoms with Crippen LogP contribution in [0.25, 0.3) is 0 Å². The van der Waals surface area contributed by atoms with Crippen LogP contribution in [0.4, 0.5) is 0 Å². The summed E-state index contributed by atoms with van der Waals surface area (Å²) < 4.78 is 12.4. The van der Waals surface area contributed by atoms with Gasteiger partial charge in [0.15, 0.2) is 6.29 Å². The second-order valence-electron chi connectivity index (χ2n) is 10.5. The lowest BCUT2D eigenvalue weighted by Gasteiger charge is -2.38. The lowest BCUT2D eigenvalue weighted by molar-refractivity contribution is -0.214. The van der Waals surface area contributed by atoms with E-state index in [0.29, 0.717) is 5.92 Å². The van der Waals surface area contributed by atoms with E-state index in [2.05, 4.69) is 38.1 Å². The van der Waals surface area contributed by atoms with E-state index in [-0.39, 0.29) is 6.29 Å². The fourth-order valence-corrected chi connectivity index (χ4v) is 6.46. The highest BCUT2D eigenvalue weighted by atomic mass is 16.7. The molecule has 30 heavy (non-hydrogen) atoms. The SMILES string of the molecule is CCCC1CCC(c2ccc(C3OCC(C4CCC(CCC)CC4)CO3)cc2)CC1. The van der Waals surface area contributed by atoms with Gasteiger partial charge in [-0.1, -0.05) is 76.6 Å². The van der Waals surface area contributed by atoms with Crippen molar-refractivity contribution in [1.29, 1.82) is 0 Å². The molecular weight excluding hydrogens is 368 g/mol. The third-order valence-corrected chi connectivity index (χ3v) is 8.40. The molecule has 0 unspecified atom stereocenters. The molecule has 2 nitrogen and oxygen atoms in total. The maximum atomic E-state index is 6.21. The molecule has 0 atom stereocenters. The molecule has 0 N–H and O–H groups in total. The molecule has 0 spiro atoms. The molecule has 3 fully saturated rings. The molecule has 3 aliphatic rings. The predicted octanol–water partition coefficient (Wildman–Crippen LogP) is 8.03. The van der Waals surface area contributed by atoms with E-state index < -0.39 is 0 Å². The standard InChI is InChI=1S/C28H44O2/c1-3-5-21-7-11-23(12-8-21)24-15-17-26(18-16-24)28-29-19-27(20-30-28)25-13-9-22(6-4-2)10-14-25/h15-18,21-23,25,27-28H,3-14,19-20H2,1-2H3. The van der Waals surface area contributed by atoms with Crippen LogP contribution >= 0.6 is 0 Å². The van der Waals surface area contributed by atoms with Crippen LogP contribution in [0.2, 0.25) is 0 Å². The van der Waals surface area contributed by atoms with Crippen LogP contribution in [0.3, 0.4) is 0 Å². The van der Waals surface area contributed by atoms with E-state index in [9.17, 15) is 0 Å². The number of hydrogen-bond acceptors (Lipinski definition) is 2. The van der Waals surface area contributed by atoms with E-state index >= 15 is 0 Å². The van der Waals surface area contributed by atoms with Crippen molar-refractivity contribution in [3.63, 3.8) is 0 Å². The minimum atomic E-state index is -0.160. The molecule has 1 heterocycles. The van der Waals surface area contributed by atoms with E-state index in [1.807, 2.05) is 0 Å². The summed E-state index contributed by atoms with van der Waals surface area (Å²) in [7, 11) is 0. The monoisotopic (exact) mass is 412 g/mol. The average Bonchev–Trinajstić information content (AvgIpc) is 2.81. The third kappa shape index (κ3) is 5.68. The first kappa shape index (κ1) is 22.3. The van der Waals surface area contributed by atoms with Gasteiger partial charge >= 0.3 is 0 Å². The number of benzene rings is 1. The molecule has 0 radical (unpaired) electrons. The molecule has 1 aromatic carbocycles. The van der Waals surface area contributed by atoms with Crippen molar-refractivity contribution in [1.82, 2.24) is 0 Å². The largest absolute Gasteiger partial charge is 0.348 e. The van der Waals surface area contributed by atoms with Gasteiger partial charge in [-0.15, -0.1) is 0 Å². The minimum absolute atomic E-state index is 0.160. The fourth-order valence-electron chi connectivity index (χ4n) is 6.46. The molecule has 1 saturated heterocycles. The first-order valence-electron chi connectivity index (χ1n) is 13.1. The van der Waals surface area contributed by atoms with Crippen LogP contribution in [0, 0.1) is 23.7 Å². The Balaban J connectivity index is 1.23. The van der Waals surface area contributed by atoms with Crippen molar-refractivity contribution >= 4 is 0 Å². The van der Waals surface area contributed by atoms with Crippen LogP contribution in [0.5, 0.6) is 0 Å². The summed E-state index contributed by atoms with van der Waals surface area (Å²) in [4.78, 5) is 0. The van der Waals surface area contributed by atoms with E-state index in [1.54, 1.807) is 0 Å². The van der Waals surface area contributed by atoms with Gasteiger partial charge in [0.05, 0.1) is 13.2 Å². The molecule has 2 heteroatoms. The maximum Gasteiger partial charge on any atom is 0.183 e. The summed E-state index contributed by atoms with van der Waals surface area (Å²) >= 11 is 0. The molecule has 2 aliphatic carbocycles. The number of rotatable bonds is 7. The summed E-state index contributed by atoms with van der Waals surface area (Å²) in [5, 5.41) is 0. The summed E-state index contributed by atoms with van der Waals surface area (Å²) in [5.74, 6) is 4.12. The first-order chi connectivity index (χ1) is 14.8. The average molecular weight is 413 g/mol. The van der Waals surface area contributed by atoms with Crippen molar-refractivity contribution in [3.05, 3.63) is 35.4 Å². The lowest BCUT2D eigenvalue weighted by Crippen LogP contribution is -2.34. The van der Waals surface area contributed by atoms with Crippen molar-refractivity contribution in [2.45, 2.75) is 103 Å². The normalized spacial score (nSPS) is 35.3. The van der Waals surface area contributed by atoms with Crippen LogP contribution < -0.4 is 0 Å². The second kappa shape index (κ2) is 11.1. The van der Waals surface area contributed by atoms with Gasteiger partial charge in [0.2, 0.25) is 0 Å². The van der Waals surface area contributed by atoms with E-state index in [1.165, 1.54) is 88.2 Å². The summed E-state index contributed by atoms with van der Waals surface area (Å²) in [6, 6.07) is 9.20. The number of hydrogen-bond donors (Lipinski definition) is 0. The Morgan fingerprint density at radius 2 is 1.13 bits per heavy atom. The van der Waals surface area contributed by atoms with Gasteiger partial charge in [-0.05, 0) is 67.8 Å². The van der Waals surface area contributed by atoms with Crippen LogP contribution in [-0.4, -0.2) is 13.2 Å².